The lowest BCUT2D eigenvalue weighted by atomic mass is 10.2. The molecule has 0 saturated heterocycles. The number of amides is 1. The monoisotopic (exact) mass is 297 g/mol. The second kappa shape index (κ2) is 6.65. The average Bonchev–Trinajstić information content (AvgIpc) is 3.02. The quantitative estimate of drug-likeness (QED) is 0.856. The summed E-state index contributed by atoms with van der Waals surface area (Å²) in [4.78, 5) is 16.7. The second-order valence-electron chi connectivity index (χ2n) is 3.79. The third-order valence-electron chi connectivity index (χ3n) is 2.37. The van der Waals surface area contributed by atoms with Crippen LogP contribution in [0.3, 0.4) is 0 Å². The Morgan fingerprint density at radius 3 is 3.00 bits per heavy atom. The summed E-state index contributed by atoms with van der Waals surface area (Å²) < 4.78 is 5.03. The molecule has 2 heterocycles. The summed E-state index contributed by atoms with van der Waals surface area (Å²) in [5.41, 5.74) is 7.52. The molecule has 5 nitrogen and oxygen atoms in total. The second-order valence-corrected chi connectivity index (χ2v) is 5.67. The van der Waals surface area contributed by atoms with Crippen LogP contribution in [0, 0.1) is 0 Å². The molecule has 19 heavy (non-hydrogen) atoms. The lowest BCUT2D eigenvalue weighted by Crippen LogP contribution is -2.26. The number of hydrogen-bond acceptors (Lipinski definition) is 6. The molecular formula is C12H15N3O2S2. The minimum Gasteiger partial charge on any atom is -0.375 e. The molecule has 102 valence electrons. The lowest BCUT2D eigenvalue weighted by Gasteiger charge is -2.02. The smallest absolute Gasteiger partial charge is 0.246 e. The molecule has 0 aromatic carbocycles. The van der Waals surface area contributed by atoms with Crippen molar-refractivity contribution in [3.63, 3.8) is 0 Å². The molecule has 0 fully saturated rings. The zero-order valence-corrected chi connectivity index (χ0v) is 12.1. The molecule has 3 N–H and O–H groups in total. The third-order valence-corrected chi connectivity index (χ3v) is 3.98. The number of anilines is 1. The number of nitrogen functional groups attached to an aromatic ring is 1. The van der Waals surface area contributed by atoms with Gasteiger partial charge in [0.2, 0.25) is 5.91 Å². The minimum absolute atomic E-state index is 0.102. The van der Waals surface area contributed by atoms with Crippen LogP contribution in [-0.2, 0) is 16.1 Å². The van der Waals surface area contributed by atoms with Gasteiger partial charge in [0.05, 0.1) is 12.2 Å². The van der Waals surface area contributed by atoms with Gasteiger partial charge >= 0.3 is 0 Å². The first-order valence-corrected chi connectivity index (χ1v) is 7.58. The number of thiazole rings is 1. The molecule has 0 atom stereocenters. The molecule has 0 aliphatic carbocycles. The first-order chi connectivity index (χ1) is 9.19. The van der Waals surface area contributed by atoms with E-state index in [1.807, 2.05) is 23.8 Å². The fourth-order valence-corrected chi connectivity index (χ4v) is 2.85. The molecule has 0 radical (unpaired) electrons. The molecule has 7 heteroatoms. The van der Waals surface area contributed by atoms with Crippen LogP contribution in [0.2, 0.25) is 0 Å². The number of thiophene rings is 1. The van der Waals surface area contributed by atoms with Gasteiger partial charge in [0.15, 0.2) is 5.13 Å². The van der Waals surface area contributed by atoms with Gasteiger partial charge in [-0.3, -0.25) is 4.79 Å². The van der Waals surface area contributed by atoms with Crippen LogP contribution < -0.4 is 11.1 Å². The van der Waals surface area contributed by atoms with Gasteiger partial charge in [-0.2, -0.15) is 0 Å². The van der Waals surface area contributed by atoms with E-state index in [1.165, 1.54) is 11.3 Å². The standard InChI is InChI=1S/C12H15N3O2S2/c1-2-17-5-11(16)14-4-9-3-8(6-18-9)10-7-19-12(13)15-10/h3,6-7H,2,4-5H2,1H3,(H2,13,15)(H,14,16). The predicted octanol–water partition coefficient (Wildman–Crippen LogP) is 2.11. The van der Waals surface area contributed by atoms with E-state index in [1.54, 1.807) is 11.3 Å². The zero-order chi connectivity index (χ0) is 13.7. The van der Waals surface area contributed by atoms with E-state index < -0.39 is 0 Å². The molecular weight excluding hydrogens is 282 g/mol. The summed E-state index contributed by atoms with van der Waals surface area (Å²) in [5, 5.41) is 7.31. The van der Waals surface area contributed by atoms with Crippen LogP contribution in [-0.4, -0.2) is 24.1 Å². The molecule has 1 amide bonds. The molecule has 2 aromatic rings. The van der Waals surface area contributed by atoms with Crippen molar-refractivity contribution in [2.75, 3.05) is 18.9 Å². The average molecular weight is 297 g/mol. The van der Waals surface area contributed by atoms with Crippen molar-refractivity contribution in [1.82, 2.24) is 10.3 Å². The summed E-state index contributed by atoms with van der Waals surface area (Å²) in [6.45, 7) is 3.02. The Kier molecular flexibility index (Phi) is 4.89. The van der Waals surface area contributed by atoms with Gasteiger partial charge in [0, 0.05) is 27.8 Å². The van der Waals surface area contributed by atoms with Gasteiger partial charge in [-0.05, 0) is 13.0 Å². The topological polar surface area (TPSA) is 77.2 Å². The maximum atomic E-state index is 11.4. The fourth-order valence-electron chi connectivity index (χ4n) is 1.46. The van der Waals surface area contributed by atoms with Crippen molar-refractivity contribution in [1.29, 1.82) is 0 Å². The minimum atomic E-state index is -0.102. The highest BCUT2D eigenvalue weighted by molar-refractivity contribution is 7.14. The maximum absolute atomic E-state index is 11.4. The maximum Gasteiger partial charge on any atom is 0.246 e. The van der Waals surface area contributed by atoms with E-state index in [-0.39, 0.29) is 12.5 Å². The van der Waals surface area contributed by atoms with Crippen LogP contribution in [0.1, 0.15) is 11.8 Å². The largest absolute Gasteiger partial charge is 0.375 e. The van der Waals surface area contributed by atoms with Crippen LogP contribution in [0.5, 0.6) is 0 Å². The number of carbonyl (C=O) groups is 1. The number of hydrogen-bond donors (Lipinski definition) is 2. The van der Waals surface area contributed by atoms with Crippen molar-refractivity contribution in [2.24, 2.45) is 0 Å². The van der Waals surface area contributed by atoms with Gasteiger partial charge in [-0.25, -0.2) is 4.98 Å². The van der Waals surface area contributed by atoms with Crippen LogP contribution in [0.25, 0.3) is 11.3 Å². The van der Waals surface area contributed by atoms with Crippen LogP contribution in [0.15, 0.2) is 16.8 Å². The fraction of sp³-hybridized carbons (Fsp3) is 0.333. The molecule has 0 aliphatic heterocycles. The predicted molar refractivity (Wildman–Crippen MR) is 78.2 cm³/mol. The van der Waals surface area contributed by atoms with Crippen LogP contribution in [0.4, 0.5) is 5.13 Å². The highest BCUT2D eigenvalue weighted by atomic mass is 32.1. The van der Waals surface area contributed by atoms with Gasteiger partial charge in [-0.15, -0.1) is 22.7 Å². The van der Waals surface area contributed by atoms with E-state index in [4.69, 9.17) is 10.5 Å². The molecule has 0 aliphatic rings. The molecule has 2 aromatic heterocycles. The van der Waals surface area contributed by atoms with Gasteiger partial charge in [-0.1, -0.05) is 0 Å². The van der Waals surface area contributed by atoms with Gasteiger partial charge < -0.3 is 15.8 Å². The first-order valence-electron chi connectivity index (χ1n) is 5.82. The molecule has 0 saturated carbocycles. The molecule has 0 spiro atoms. The number of rotatable bonds is 6. The Morgan fingerprint density at radius 1 is 1.47 bits per heavy atom. The van der Waals surface area contributed by atoms with Gasteiger partial charge in [0.1, 0.15) is 6.61 Å². The van der Waals surface area contributed by atoms with Crippen LogP contribution >= 0.6 is 22.7 Å². The Balaban J connectivity index is 1.89. The van der Waals surface area contributed by atoms with Gasteiger partial charge in [0.25, 0.3) is 0 Å². The summed E-state index contributed by atoms with van der Waals surface area (Å²) >= 11 is 3.01. The lowest BCUT2D eigenvalue weighted by molar-refractivity contribution is -0.125. The van der Waals surface area contributed by atoms with Crippen molar-refractivity contribution in [2.45, 2.75) is 13.5 Å². The third kappa shape index (κ3) is 4.02. The Morgan fingerprint density at radius 2 is 2.32 bits per heavy atom. The zero-order valence-electron chi connectivity index (χ0n) is 10.5. The summed E-state index contributed by atoms with van der Waals surface area (Å²) in [6, 6.07) is 2.01. The van der Waals surface area contributed by atoms with E-state index in [2.05, 4.69) is 10.3 Å². The van der Waals surface area contributed by atoms with E-state index in [0.29, 0.717) is 18.3 Å². The number of aromatic nitrogens is 1. The van der Waals surface area contributed by atoms with Crippen molar-refractivity contribution >= 4 is 33.7 Å². The number of nitrogens with one attached hydrogen (secondary N) is 1. The number of nitrogens with two attached hydrogens (primary N) is 1. The summed E-state index contributed by atoms with van der Waals surface area (Å²) in [5.74, 6) is -0.102. The van der Waals surface area contributed by atoms with Crippen molar-refractivity contribution in [3.05, 3.63) is 21.7 Å². The summed E-state index contributed by atoms with van der Waals surface area (Å²) in [7, 11) is 0. The highest BCUT2D eigenvalue weighted by Gasteiger charge is 2.07. The Labute approximate surface area is 119 Å². The van der Waals surface area contributed by atoms with E-state index >= 15 is 0 Å². The normalized spacial score (nSPS) is 10.6. The van der Waals surface area contributed by atoms with E-state index in [9.17, 15) is 4.79 Å². The number of nitrogens with zero attached hydrogens (tertiary/aromatic N) is 1. The Hall–Kier alpha value is -1.44. The highest BCUT2D eigenvalue weighted by Crippen LogP contribution is 2.27. The molecule has 0 bridgehead atoms. The molecule has 0 unspecified atom stereocenters. The summed E-state index contributed by atoms with van der Waals surface area (Å²) in [6.07, 6.45) is 0. The molecule has 2 rings (SSSR count). The van der Waals surface area contributed by atoms with Crippen molar-refractivity contribution in [3.8, 4) is 11.3 Å². The number of ether oxygens (including phenoxy) is 1. The first kappa shape index (κ1) is 14.0. The van der Waals surface area contributed by atoms with Crippen molar-refractivity contribution < 1.29 is 9.53 Å². The SMILES string of the molecule is CCOCC(=O)NCc1cc(-c2csc(N)n2)cs1. The Bertz CT molecular complexity index is 551. The van der Waals surface area contributed by atoms with E-state index in [0.717, 1.165) is 16.1 Å². The number of carbonyl (C=O) groups excluding carboxylic acids is 1.